The second-order valence-corrected chi connectivity index (χ2v) is 6.21. The van der Waals surface area contributed by atoms with Crippen molar-refractivity contribution in [1.82, 2.24) is 10.0 Å². The van der Waals surface area contributed by atoms with Crippen LogP contribution in [0.4, 0.5) is 4.39 Å². The molecule has 0 aromatic heterocycles. The number of hydrogen-bond acceptors (Lipinski definition) is 3. The molecule has 7 heteroatoms. The Bertz CT molecular complexity index is 508. The first-order chi connectivity index (χ1) is 8.38. The van der Waals surface area contributed by atoms with Crippen molar-refractivity contribution in [3.8, 4) is 0 Å². The van der Waals surface area contributed by atoms with Crippen molar-refractivity contribution < 1.29 is 12.8 Å². The van der Waals surface area contributed by atoms with Gasteiger partial charge in [-0.3, -0.25) is 0 Å². The highest BCUT2D eigenvalue weighted by molar-refractivity contribution is 7.89. The molecule has 0 spiro atoms. The molecule has 102 valence electrons. The summed E-state index contributed by atoms with van der Waals surface area (Å²) in [7, 11) is -2.08. The van der Waals surface area contributed by atoms with Crippen LogP contribution in [-0.2, 0) is 10.0 Å². The topological polar surface area (TPSA) is 58.2 Å². The molecule has 0 saturated carbocycles. The van der Waals surface area contributed by atoms with Gasteiger partial charge in [-0.15, -0.1) is 0 Å². The monoisotopic (exact) mass is 294 g/mol. The van der Waals surface area contributed by atoms with Crippen LogP contribution in [0.15, 0.2) is 23.1 Å². The first-order valence-electron chi connectivity index (χ1n) is 5.46. The molecule has 0 aliphatic rings. The van der Waals surface area contributed by atoms with Gasteiger partial charge in [0.05, 0.1) is 5.02 Å². The van der Waals surface area contributed by atoms with E-state index in [0.29, 0.717) is 6.54 Å². The van der Waals surface area contributed by atoms with Crippen LogP contribution < -0.4 is 10.0 Å². The number of rotatable bonds is 6. The quantitative estimate of drug-likeness (QED) is 0.838. The van der Waals surface area contributed by atoms with Gasteiger partial charge >= 0.3 is 0 Å². The van der Waals surface area contributed by atoms with E-state index in [9.17, 15) is 12.8 Å². The highest BCUT2D eigenvalue weighted by Crippen LogP contribution is 2.21. The van der Waals surface area contributed by atoms with Gasteiger partial charge in [0, 0.05) is 6.54 Å². The summed E-state index contributed by atoms with van der Waals surface area (Å²) < 4.78 is 39.7. The van der Waals surface area contributed by atoms with Crippen molar-refractivity contribution in [2.24, 2.45) is 5.92 Å². The molecule has 2 N–H and O–H groups in total. The molecular weight excluding hydrogens is 279 g/mol. The normalized spacial score (nSPS) is 13.6. The predicted octanol–water partition coefficient (Wildman–Crippen LogP) is 1.61. The van der Waals surface area contributed by atoms with Gasteiger partial charge in [0.25, 0.3) is 0 Å². The van der Waals surface area contributed by atoms with E-state index < -0.39 is 20.7 Å². The number of nitrogens with one attached hydrogen (secondary N) is 2. The average Bonchev–Trinajstić information content (AvgIpc) is 2.30. The fraction of sp³-hybridized carbons (Fsp3) is 0.455. The highest BCUT2D eigenvalue weighted by Gasteiger charge is 2.20. The largest absolute Gasteiger partial charge is 0.319 e. The summed E-state index contributed by atoms with van der Waals surface area (Å²) in [6.07, 6.45) is 0. The average molecular weight is 295 g/mol. The van der Waals surface area contributed by atoms with Crippen LogP contribution >= 0.6 is 11.6 Å². The third-order valence-electron chi connectivity index (χ3n) is 2.38. The maximum Gasteiger partial charge on any atom is 0.243 e. The summed E-state index contributed by atoms with van der Waals surface area (Å²) in [5.41, 5.74) is 0. The zero-order valence-electron chi connectivity index (χ0n) is 10.2. The minimum Gasteiger partial charge on any atom is -0.319 e. The van der Waals surface area contributed by atoms with E-state index in [4.69, 9.17) is 11.6 Å². The molecule has 1 atom stereocenters. The number of benzene rings is 1. The SMILES string of the molecule is CNCC(C)CNS(=O)(=O)c1cccc(Cl)c1F. The summed E-state index contributed by atoms with van der Waals surface area (Å²) in [6.45, 7) is 2.78. The Hall–Kier alpha value is -0.690. The molecule has 0 bridgehead atoms. The van der Waals surface area contributed by atoms with Crippen LogP contribution in [-0.4, -0.2) is 28.6 Å². The summed E-state index contributed by atoms with van der Waals surface area (Å²) >= 11 is 5.56. The zero-order chi connectivity index (χ0) is 13.8. The zero-order valence-corrected chi connectivity index (χ0v) is 11.8. The molecule has 0 heterocycles. The number of sulfonamides is 1. The Morgan fingerprint density at radius 2 is 2.06 bits per heavy atom. The van der Waals surface area contributed by atoms with Crippen molar-refractivity contribution in [3.63, 3.8) is 0 Å². The maximum atomic E-state index is 13.6. The molecule has 0 amide bonds. The van der Waals surface area contributed by atoms with Crippen LogP contribution in [0, 0.1) is 11.7 Å². The lowest BCUT2D eigenvalue weighted by Crippen LogP contribution is -2.32. The predicted molar refractivity (Wildman–Crippen MR) is 69.7 cm³/mol. The van der Waals surface area contributed by atoms with E-state index in [1.54, 1.807) is 7.05 Å². The van der Waals surface area contributed by atoms with E-state index in [0.717, 1.165) is 0 Å². The molecule has 18 heavy (non-hydrogen) atoms. The Morgan fingerprint density at radius 3 is 2.67 bits per heavy atom. The number of hydrogen-bond donors (Lipinski definition) is 2. The summed E-state index contributed by atoms with van der Waals surface area (Å²) in [5, 5.41) is 2.73. The maximum absolute atomic E-state index is 13.6. The summed E-state index contributed by atoms with van der Waals surface area (Å²) in [5.74, 6) is -0.819. The van der Waals surface area contributed by atoms with Crippen LogP contribution in [0.5, 0.6) is 0 Å². The van der Waals surface area contributed by atoms with Crippen LogP contribution in [0.2, 0.25) is 5.02 Å². The van der Waals surface area contributed by atoms with Gasteiger partial charge in [-0.1, -0.05) is 24.6 Å². The van der Waals surface area contributed by atoms with E-state index >= 15 is 0 Å². The standard InChI is InChI=1S/C11H16ClFN2O2S/c1-8(6-14-2)7-15-18(16,17)10-5-3-4-9(12)11(10)13/h3-5,8,14-15H,6-7H2,1-2H3. The summed E-state index contributed by atoms with van der Waals surface area (Å²) in [6, 6.07) is 3.89. The molecule has 0 aliphatic carbocycles. The van der Waals surface area contributed by atoms with Crippen molar-refractivity contribution in [1.29, 1.82) is 0 Å². The third-order valence-corrected chi connectivity index (χ3v) is 4.11. The van der Waals surface area contributed by atoms with Gasteiger partial charge < -0.3 is 5.32 Å². The van der Waals surface area contributed by atoms with E-state index in [2.05, 4.69) is 10.0 Å². The lowest BCUT2D eigenvalue weighted by Gasteiger charge is -2.13. The van der Waals surface area contributed by atoms with Crippen molar-refractivity contribution >= 4 is 21.6 Å². The van der Waals surface area contributed by atoms with Crippen molar-refractivity contribution in [2.45, 2.75) is 11.8 Å². The molecule has 0 saturated heterocycles. The Balaban J connectivity index is 2.84. The Morgan fingerprint density at radius 1 is 1.39 bits per heavy atom. The second-order valence-electron chi connectivity index (χ2n) is 4.07. The van der Waals surface area contributed by atoms with Crippen LogP contribution in [0.25, 0.3) is 0 Å². The smallest absolute Gasteiger partial charge is 0.243 e. The van der Waals surface area contributed by atoms with Gasteiger partial charge in [-0.05, 0) is 31.6 Å². The van der Waals surface area contributed by atoms with Gasteiger partial charge in [0.15, 0.2) is 5.82 Å². The lowest BCUT2D eigenvalue weighted by molar-refractivity contribution is 0.514. The first kappa shape index (κ1) is 15.4. The number of halogens is 2. The Labute approximate surface area is 112 Å². The minimum atomic E-state index is -3.86. The molecular formula is C11H16ClFN2O2S. The second kappa shape index (κ2) is 6.47. The van der Waals surface area contributed by atoms with Gasteiger partial charge in [-0.2, -0.15) is 0 Å². The van der Waals surface area contributed by atoms with Gasteiger partial charge in [0.1, 0.15) is 4.90 Å². The molecule has 0 fully saturated rings. The summed E-state index contributed by atoms with van der Waals surface area (Å²) in [4.78, 5) is -0.424. The molecule has 0 radical (unpaired) electrons. The highest BCUT2D eigenvalue weighted by atomic mass is 35.5. The van der Waals surface area contributed by atoms with Gasteiger partial charge in [0.2, 0.25) is 10.0 Å². The van der Waals surface area contributed by atoms with Crippen molar-refractivity contribution in [3.05, 3.63) is 29.0 Å². The fourth-order valence-corrected chi connectivity index (χ4v) is 2.94. The van der Waals surface area contributed by atoms with E-state index in [1.807, 2.05) is 6.92 Å². The van der Waals surface area contributed by atoms with Crippen molar-refractivity contribution in [2.75, 3.05) is 20.1 Å². The van der Waals surface area contributed by atoms with E-state index in [-0.39, 0.29) is 17.5 Å². The molecule has 1 unspecified atom stereocenters. The fourth-order valence-electron chi connectivity index (χ4n) is 1.44. The molecule has 1 aromatic carbocycles. The third kappa shape index (κ3) is 3.91. The molecule has 1 rings (SSSR count). The first-order valence-corrected chi connectivity index (χ1v) is 7.33. The molecule has 4 nitrogen and oxygen atoms in total. The van der Waals surface area contributed by atoms with Crippen LogP contribution in [0.3, 0.4) is 0 Å². The minimum absolute atomic E-state index is 0.104. The van der Waals surface area contributed by atoms with E-state index in [1.165, 1.54) is 18.2 Å². The molecule has 1 aromatic rings. The lowest BCUT2D eigenvalue weighted by atomic mass is 10.2. The Kier molecular flexibility index (Phi) is 5.52. The molecule has 0 aliphatic heterocycles. The van der Waals surface area contributed by atoms with Gasteiger partial charge in [-0.25, -0.2) is 17.5 Å². The van der Waals surface area contributed by atoms with Crippen LogP contribution in [0.1, 0.15) is 6.92 Å².